The average molecular weight is 308 g/mol. The summed E-state index contributed by atoms with van der Waals surface area (Å²) >= 11 is 11.6. The monoisotopic (exact) mass is 307 g/mol. The van der Waals surface area contributed by atoms with Crippen LogP contribution in [0.1, 0.15) is 13.3 Å². The first-order valence-electron chi connectivity index (χ1n) is 5.33. The third-order valence-electron chi connectivity index (χ3n) is 2.45. The van der Waals surface area contributed by atoms with E-state index in [4.69, 9.17) is 34.1 Å². The van der Waals surface area contributed by atoms with E-state index in [0.717, 1.165) is 12.1 Å². The average Bonchev–Trinajstić information content (AvgIpc) is 2.34. The summed E-state index contributed by atoms with van der Waals surface area (Å²) in [4.78, 5) is 11.9. The molecule has 1 rings (SSSR count). The van der Waals surface area contributed by atoms with Gasteiger partial charge in [-0.3, -0.25) is 4.79 Å². The van der Waals surface area contributed by atoms with E-state index in [1.54, 1.807) is 6.92 Å². The van der Waals surface area contributed by atoms with E-state index >= 15 is 0 Å². The molecular weight excluding hydrogens is 296 g/mol. The predicted molar refractivity (Wildman–Crippen MR) is 72.2 cm³/mol. The first-order chi connectivity index (χ1) is 8.90. The number of carbonyl (C=O) groups excluding carboxylic acids is 1. The molecule has 0 heterocycles. The highest BCUT2D eigenvalue weighted by molar-refractivity contribution is 6.39. The molecule has 0 spiro atoms. The molecule has 0 aliphatic heterocycles. The van der Waals surface area contributed by atoms with Gasteiger partial charge in [0.05, 0.1) is 21.7 Å². The van der Waals surface area contributed by atoms with Crippen molar-refractivity contribution < 1.29 is 14.4 Å². The van der Waals surface area contributed by atoms with Crippen LogP contribution >= 0.6 is 23.2 Å². The molecule has 5 nitrogen and oxygen atoms in total. The number of nitrogens with zero attached hydrogens (tertiary/aromatic N) is 1. The second kappa shape index (κ2) is 6.58. The van der Waals surface area contributed by atoms with Crippen LogP contribution in [0.2, 0.25) is 10.0 Å². The van der Waals surface area contributed by atoms with Crippen LogP contribution in [0.25, 0.3) is 0 Å². The molecule has 0 aliphatic carbocycles. The van der Waals surface area contributed by atoms with Gasteiger partial charge in [0.25, 0.3) is 0 Å². The fourth-order valence-electron chi connectivity index (χ4n) is 1.47. The fourth-order valence-corrected chi connectivity index (χ4v) is 2.03. The maximum absolute atomic E-state index is 13.0. The molecule has 1 amide bonds. The maximum atomic E-state index is 13.0. The smallest absolute Gasteiger partial charge is 0.235 e. The minimum atomic E-state index is -0.831. The van der Waals surface area contributed by atoms with Crippen molar-refractivity contribution in [2.75, 3.05) is 5.32 Å². The SMILES string of the molecule is CCC(C(=O)Nc1c(Cl)cc(F)cc1Cl)C(N)=NO. The van der Waals surface area contributed by atoms with E-state index in [2.05, 4.69) is 10.5 Å². The first-order valence-corrected chi connectivity index (χ1v) is 6.09. The molecule has 0 saturated heterocycles. The van der Waals surface area contributed by atoms with Crippen molar-refractivity contribution in [3.8, 4) is 0 Å². The highest BCUT2D eigenvalue weighted by Gasteiger charge is 2.23. The van der Waals surface area contributed by atoms with E-state index in [0.29, 0.717) is 6.42 Å². The fraction of sp³-hybridized carbons (Fsp3) is 0.273. The molecule has 0 radical (unpaired) electrons. The highest BCUT2D eigenvalue weighted by Crippen LogP contribution is 2.31. The van der Waals surface area contributed by atoms with Crippen molar-refractivity contribution in [2.24, 2.45) is 16.8 Å². The minimum absolute atomic E-state index is 0.0345. The van der Waals surface area contributed by atoms with E-state index in [1.807, 2.05) is 0 Å². The Kier molecular flexibility index (Phi) is 5.38. The van der Waals surface area contributed by atoms with Crippen molar-refractivity contribution in [3.05, 3.63) is 28.0 Å². The Labute approximate surface area is 119 Å². The molecule has 1 aromatic rings. The Morgan fingerprint density at radius 2 is 2.05 bits per heavy atom. The normalized spacial score (nSPS) is 13.2. The van der Waals surface area contributed by atoms with Crippen LogP contribution < -0.4 is 11.1 Å². The summed E-state index contributed by atoms with van der Waals surface area (Å²) in [5.74, 6) is -2.22. The molecule has 0 fully saturated rings. The molecule has 1 unspecified atom stereocenters. The summed E-state index contributed by atoms with van der Waals surface area (Å²) in [5.41, 5.74) is 5.48. The Bertz CT molecular complexity index is 500. The van der Waals surface area contributed by atoms with Gasteiger partial charge in [-0.2, -0.15) is 0 Å². The predicted octanol–water partition coefficient (Wildman–Crippen LogP) is 2.84. The molecule has 8 heteroatoms. The lowest BCUT2D eigenvalue weighted by Crippen LogP contribution is -2.34. The minimum Gasteiger partial charge on any atom is -0.409 e. The number of hydrogen-bond donors (Lipinski definition) is 3. The van der Waals surface area contributed by atoms with Gasteiger partial charge in [-0.25, -0.2) is 4.39 Å². The molecule has 0 aromatic heterocycles. The number of amidine groups is 1. The first kappa shape index (κ1) is 15.5. The lowest BCUT2D eigenvalue weighted by atomic mass is 10.0. The topological polar surface area (TPSA) is 87.7 Å². The number of hydrogen-bond acceptors (Lipinski definition) is 3. The summed E-state index contributed by atoms with van der Waals surface area (Å²) in [6.07, 6.45) is 0.318. The third-order valence-corrected chi connectivity index (χ3v) is 3.05. The number of rotatable bonds is 4. The molecule has 104 valence electrons. The van der Waals surface area contributed by atoms with E-state index in [1.165, 1.54) is 0 Å². The van der Waals surface area contributed by atoms with Gasteiger partial charge in [-0.15, -0.1) is 0 Å². The van der Waals surface area contributed by atoms with Crippen LogP contribution in [0.3, 0.4) is 0 Å². The number of anilines is 1. The Morgan fingerprint density at radius 1 is 1.53 bits per heavy atom. The zero-order chi connectivity index (χ0) is 14.6. The molecule has 1 atom stereocenters. The zero-order valence-electron chi connectivity index (χ0n) is 9.95. The van der Waals surface area contributed by atoms with Gasteiger partial charge in [0.15, 0.2) is 5.84 Å². The summed E-state index contributed by atoms with van der Waals surface area (Å²) in [6.45, 7) is 1.69. The summed E-state index contributed by atoms with van der Waals surface area (Å²) in [5, 5.41) is 13.7. The standard InChI is InChI=1S/C11H12Cl2FN3O2/c1-2-6(10(15)17-19)11(18)16-9-7(12)3-5(14)4-8(9)13/h3-4,6,19H,2H2,1H3,(H2,15,17)(H,16,18). The van der Waals surface area contributed by atoms with Crippen LogP contribution in [-0.2, 0) is 4.79 Å². The van der Waals surface area contributed by atoms with Gasteiger partial charge in [0.2, 0.25) is 5.91 Å². The Morgan fingerprint density at radius 3 is 2.47 bits per heavy atom. The lowest BCUT2D eigenvalue weighted by molar-refractivity contribution is -0.118. The van der Waals surface area contributed by atoms with Crippen molar-refractivity contribution in [3.63, 3.8) is 0 Å². The number of carbonyl (C=O) groups is 1. The van der Waals surface area contributed by atoms with Crippen molar-refractivity contribution >= 4 is 40.6 Å². The number of nitrogens with one attached hydrogen (secondary N) is 1. The number of oxime groups is 1. The van der Waals surface area contributed by atoms with Crippen LogP contribution in [0.4, 0.5) is 10.1 Å². The lowest BCUT2D eigenvalue weighted by Gasteiger charge is -2.15. The third kappa shape index (κ3) is 3.71. The summed E-state index contributed by atoms with van der Waals surface area (Å²) < 4.78 is 13.0. The van der Waals surface area contributed by atoms with Crippen molar-refractivity contribution in [1.29, 1.82) is 0 Å². The molecule has 1 aromatic carbocycles. The summed E-state index contributed by atoms with van der Waals surface area (Å²) in [6, 6.07) is 2.04. The molecular formula is C11H12Cl2FN3O2. The maximum Gasteiger partial charge on any atom is 0.235 e. The molecule has 4 N–H and O–H groups in total. The number of nitrogens with two attached hydrogens (primary N) is 1. The second-order valence-corrected chi connectivity index (χ2v) is 4.53. The molecule has 19 heavy (non-hydrogen) atoms. The van der Waals surface area contributed by atoms with Crippen LogP contribution in [0.15, 0.2) is 17.3 Å². The van der Waals surface area contributed by atoms with Gasteiger partial charge in [-0.1, -0.05) is 35.3 Å². The van der Waals surface area contributed by atoms with Gasteiger partial charge in [0, 0.05) is 0 Å². The number of benzene rings is 1. The largest absolute Gasteiger partial charge is 0.409 e. The molecule has 0 bridgehead atoms. The van der Waals surface area contributed by atoms with Gasteiger partial charge >= 0.3 is 0 Å². The van der Waals surface area contributed by atoms with Gasteiger partial charge in [-0.05, 0) is 18.6 Å². The second-order valence-electron chi connectivity index (χ2n) is 3.72. The quantitative estimate of drug-likeness (QED) is 0.346. The number of halogens is 3. The zero-order valence-corrected chi connectivity index (χ0v) is 11.5. The molecule has 0 saturated carbocycles. The van der Waals surface area contributed by atoms with Crippen LogP contribution in [0.5, 0.6) is 0 Å². The number of amides is 1. The van der Waals surface area contributed by atoms with Crippen molar-refractivity contribution in [2.45, 2.75) is 13.3 Å². The Hall–Kier alpha value is -1.53. The van der Waals surface area contributed by atoms with E-state index < -0.39 is 17.6 Å². The Balaban J connectivity index is 3.00. The van der Waals surface area contributed by atoms with Crippen LogP contribution in [0, 0.1) is 11.7 Å². The highest BCUT2D eigenvalue weighted by atomic mass is 35.5. The van der Waals surface area contributed by atoms with Gasteiger partial charge in [0.1, 0.15) is 5.82 Å². The van der Waals surface area contributed by atoms with Crippen molar-refractivity contribution in [1.82, 2.24) is 0 Å². The van der Waals surface area contributed by atoms with E-state index in [-0.39, 0.29) is 21.6 Å². The summed E-state index contributed by atoms with van der Waals surface area (Å²) in [7, 11) is 0. The van der Waals surface area contributed by atoms with Crippen LogP contribution in [-0.4, -0.2) is 17.0 Å². The van der Waals surface area contributed by atoms with E-state index in [9.17, 15) is 9.18 Å². The molecule has 0 aliphatic rings. The van der Waals surface area contributed by atoms with Gasteiger partial charge < -0.3 is 16.3 Å².